The van der Waals surface area contributed by atoms with Crippen LogP contribution in [0.4, 0.5) is 0 Å². The molecule has 0 aliphatic heterocycles. The molecular weight excluding hydrogens is 348 g/mol. The van der Waals surface area contributed by atoms with Crippen molar-refractivity contribution in [2.75, 3.05) is 12.9 Å². The molecule has 1 aromatic heterocycles. The van der Waals surface area contributed by atoms with Crippen LogP contribution < -0.4 is 10.1 Å². The van der Waals surface area contributed by atoms with Crippen molar-refractivity contribution in [1.82, 2.24) is 20.5 Å². The van der Waals surface area contributed by atoms with E-state index in [2.05, 4.69) is 20.5 Å². The Bertz CT molecular complexity index is 713. The number of aromatic amines is 1. The molecule has 0 bridgehead atoms. The first-order chi connectivity index (χ1) is 12.7. The third kappa shape index (κ3) is 5.49. The second kappa shape index (κ2) is 9.62. The number of amides is 1. The number of aryl methyl sites for hydroxylation is 1. The largest absolute Gasteiger partial charge is 0.496 e. The van der Waals surface area contributed by atoms with E-state index in [1.54, 1.807) is 7.11 Å². The fourth-order valence-corrected chi connectivity index (χ4v) is 3.97. The second-order valence-electron chi connectivity index (χ2n) is 6.63. The van der Waals surface area contributed by atoms with E-state index in [4.69, 9.17) is 4.74 Å². The molecule has 140 valence electrons. The molecule has 0 spiro atoms. The number of H-pyrrole nitrogens is 1. The molecule has 1 saturated carbocycles. The smallest absolute Gasteiger partial charge is 0.230 e. The van der Waals surface area contributed by atoms with Crippen molar-refractivity contribution >= 4 is 17.7 Å². The molecule has 2 aromatic rings. The number of carbonyl (C=O) groups excluding carboxylic acids is 1. The van der Waals surface area contributed by atoms with Crippen LogP contribution in [0.25, 0.3) is 0 Å². The van der Waals surface area contributed by atoms with Crippen molar-refractivity contribution in [1.29, 1.82) is 0 Å². The standard InChI is InChI=1S/C19H26N4O2S/c1-25-16-9-5-4-8-15(16)12-20-18(24)13-26-19-21-17(22-23-19)11-10-14-6-2-3-7-14/h4-5,8-9,14H,2-3,6-7,10-13H2,1H3,(H,20,24)(H,21,22,23). The minimum atomic E-state index is -0.0433. The Morgan fingerprint density at radius 1 is 1.35 bits per heavy atom. The Morgan fingerprint density at radius 3 is 2.96 bits per heavy atom. The second-order valence-corrected chi connectivity index (χ2v) is 7.57. The van der Waals surface area contributed by atoms with Gasteiger partial charge in [-0.2, -0.15) is 0 Å². The van der Waals surface area contributed by atoms with E-state index in [9.17, 15) is 4.79 Å². The maximum Gasteiger partial charge on any atom is 0.230 e. The van der Waals surface area contributed by atoms with Gasteiger partial charge in [0, 0.05) is 18.5 Å². The summed E-state index contributed by atoms with van der Waals surface area (Å²) in [5.74, 6) is 2.81. The zero-order valence-electron chi connectivity index (χ0n) is 15.2. The van der Waals surface area contributed by atoms with Crippen molar-refractivity contribution in [3.05, 3.63) is 35.7 Å². The molecule has 3 rings (SSSR count). The minimum Gasteiger partial charge on any atom is -0.496 e. The normalized spacial score (nSPS) is 14.5. The maximum atomic E-state index is 12.1. The lowest BCUT2D eigenvalue weighted by molar-refractivity contribution is -0.118. The zero-order chi connectivity index (χ0) is 18.2. The minimum absolute atomic E-state index is 0.0433. The van der Waals surface area contributed by atoms with Crippen molar-refractivity contribution < 1.29 is 9.53 Å². The van der Waals surface area contributed by atoms with Gasteiger partial charge in [-0.25, -0.2) is 4.98 Å². The summed E-state index contributed by atoms with van der Waals surface area (Å²) >= 11 is 1.36. The fourth-order valence-electron chi connectivity index (χ4n) is 3.32. The Hall–Kier alpha value is -2.02. The molecule has 1 aliphatic rings. The Morgan fingerprint density at radius 2 is 2.15 bits per heavy atom. The van der Waals surface area contributed by atoms with E-state index >= 15 is 0 Å². The highest BCUT2D eigenvalue weighted by Gasteiger charge is 2.16. The highest BCUT2D eigenvalue weighted by atomic mass is 32.2. The summed E-state index contributed by atoms with van der Waals surface area (Å²) in [6, 6.07) is 7.67. The molecular formula is C19H26N4O2S. The van der Waals surface area contributed by atoms with E-state index in [1.165, 1.54) is 43.9 Å². The number of nitrogens with one attached hydrogen (secondary N) is 2. The fraction of sp³-hybridized carbons (Fsp3) is 0.526. The summed E-state index contributed by atoms with van der Waals surface area (Å²) in [5.41, 5.74) is 0.959. The molecule has 7 heteroatoms. The van der Waals surface area contributed by atoms with Gasteiger partial charge >= 0.3 is 0 Å². The number of nitrogens with zero attached hydrogens (tertiary/aromatic N) is 2. The van der Waals surface area contributed by atoms with Crippen LogP contribution in [0.2, 0.25) is 0 Å². The Balaban J connectivity index is 1.39. The molecule has 1 amide bonds. The number of rotatable bonds is 9. The van der Waals surface area contributed by atoms with Crippen LogP contribution in [0, 0.1) is 5.92 Å². The first-order valence-corrected chi connectivity index (χ1v) is 10.2. The highest BCUT2D eigenvalue weighted by Crippen LogP contribution is 2.28. The SMILES string of the molecule is COc1ccccc1CNC(=O)CSc1n[nH]c(CCC2CCCC2)n1. The number of hydrogen-bond donors (Lipinski definition) is 2. The predicted molar refractivity (Wildman–Crippen MR) is 102 cm³/mol. The van der Waals surface area contributed by atoms with Gasteiger partial charge in [0.2, 0.25) is 11.1 Å². The summed E-state index contributed by atoms with van der Waals surface area (Å²) in [6.07, 6.45) is 7.55. The first-order valence-electron chi connectivity index (χ1n) is 9.17. The molecule has 1 aromatic carbocycles. The molecule has 1 aliphatic carbocycles. The molecule has 6 nitrogen and oxygen atoms in total. The number of methoxy groups -OCH3 is 1. The zero-order valence-corrected chi connectivity index (χ0v) is 16.0. The van der Waals surface area contributed by atoms with E-state index in [0.717, 1.165) is 29.5 Å². The number of ether oxygens (including phenoxy) is 1. The van der Waals surface area contributed by atoms with Crippen LogP contribution in [0.15, 0.2) is 29.4 Å². The molecule has 0 unspecified atom stereocenters. The van der Waals surface area contributed by atoms with Gasteiger partial charge < -0.3 is 10.1 Å². The third-order valence-electron chi connectivity index (χ3n) is 4.78. The van der Waals surface area contributed by atoms with Crippen molar-refractivity contribution in [3.63, 3.8) is 0 Å². The summed E-state index contributed by atoms with van der Waals surface area (Å²) < 4.78 is 5.29. The number of benzene rings is 1. The summed E-state index contributed by atoms with van der Waals surface area (Å²) in [5, 5.41) is 10.7. The van der Waals surface area contributed by atoms with Crippen molar-refractivity contribution in [2.45, 2.75) is 50.2 Å². The van der Waals surface area contributed by atoms with Crippen LogP contribution in [0.5, 0.6) is 5.75 Å². The molecule has 1 fully saturated rings. The van der Waals surface area contributed by atoms with Crippen LogP contribution in [0.1, 0.15) is 43.5 Å². The molecule has 0 saturated heterocycles. The maximum absolute atomic E-state index is 12.1. The van der Waals surface area contributed by atoms with Gasteiger partial charge in [0.05, 0.1) is 12.9 Å². The number of hydrogen-bond acceptors (Lipinski definition) is 5. The lowest BCUT2D eigenvalue weighted by Gasteiger charge is -2.09. The summed E-state index contributed by atoms with van der Waals surface area (Å²) in [6.45, 7) is 0.448. The quantitative estimate of drug-likeness (QED) is 0.658. The number of carbonyl (C=O) groups is 1. The Labute approximate surface area is 158 Å². The van der Waals surface area contributed by atoms with Gasteiger partial charge in [-0.15, -0.1) is 5.10 Å². The third-order valence-corrected chi connectivity index (χ3v) is 5.62. The van der Waals surface area contributed by atoms with Crippen LogP contribution in [-0.4, -0.2) is 34.0 Å². The average molecular weight is 375 g/mol. The van der Waals surface area contributed by atoms with Gasteiger partial charge in [0.1, 0.15) is 11.6 Å². The molecule has 1 heterocycles. The molecule has 26 heavy (non-hydrogen) atoms. The summed E-state index contributed by atoms with van der Waals surface area (Å²) in [4.78, 5) is 16.5. The number of para-hydroxylation sites is 1. The van der Waals surface area contributed by atoms with Crippen molar-refractivity contribution in [2.24, 2.45) is 5.92 Å². The number of thioether (sulfide) groups is 1. The van der Waals surface area contributed by atoms with Gasteiger partial charge in [-0.1, -0.05) is 55.6 Å². The van der Waals surface area contributed by atoms with Gasteiger partial charge in [0.15, 0.2) is 0 Å². The van der Waals surface area contributed by atoms with Crippen molar-refractivity contribution in [3.8, 4) is 5.75 Å². The lowest BCUT2D eigenvalue weighted by Crippen LogP contribution is -2.24. The van der Waals surface area contributed by atoms with Gasteiger partial charge in [0.25, 0.3) is 0 Å². The van der Waals surface area contributed by atoms with Gasteiger partial charge in [-0.05, 0) is 18.4 Å². The Kier molecular flexibility index (Phi) is 6.94. The monoisotopic (exact) mass is 374 g/mol. The van der Waals surface area contributed by atoms with Crippen LogP contribution >= 0.6 is 11.8 Å². The van der Waals surface area contributed by atoms with E-state index < -0.39 is 0 Å². The highest BCUT2D eigenvalue weighted by molar-refractivity contribution is 7.99. The van der Waals surface area contributed by atoms with Gasteiger partial charge in [-0.3, -0.25) is 9.89 Å². The van der Waals surface area contributed by atoms with E-state index in [0.29, 0.717) is 17.5 Å². The average Bonchev–Trinajstić information content (AvgIpc) is 3.35. The van der Waals surface area contributed by atoms with E-state index in [-0.39, 0.29) is 5.91 Å². The van der Waals surface area contributed by atoms with E-state index in [1.807, 2.05) is 24.3 Å². The predicted octanol–water partition coefficient (Wildman–Crippen LogP) is 3.34. The first kappa shape index (κ1) is 18.8. The van der Waals surface area contributed by atoms with Crippen LogP contribution in [-0.2, 0) is 17.8 Å². The topological polar surface area (TPSA) is 79.9 Å². The van der Waals surface area contributed by atoms with Crippen LogP contribution in [0.3, 0.4) is 0 Å². The number of aromatic nitrogens is 3. The molecule has 2 N–H and O–H groups in total. The summed E-state index contributed by atoms with van der Waals surface area (Å²) in [7, 11) is 1.63. The molecule has 0 radical (unpaired) electrons. The lowest BCUT2D eigenvalue weighted by atomic mass is 10.0. The molecule has 0 atom stereocenters.